The number of amides is 1. The fraction of sp³-hybridized carbons (Fsp3) is 0.462. The minimum absolute atomic E-state index is 0.0524. The summed E-state index contributed by atoms with van der Waals surface area (Å²) < 4.78 is 0. The quantitative estimate of drug-likeness (QED) is 0.486. The molecule has 0 aliphatic heterocycles. The second-order valence-electron chi connectivity index (χ2n) is 5.01. The molecule has 20 heavy (non-hydrogen) atoms. The molecule has 1 saturated carbocycles. The normalized spacial score (nSPS) is 21.1. The van der Waals surface area contributed by atoms with Crippen molar-refractivity contribution in [3.8, 4) is 0 Å². The Morgan fingerprint density at radius 2 is 2.15 bits per heavy atom. The number of carbonyl (C=O) groups is 1. The van der Waals surface area contributed by atoms with Crippen LogP contribution in [0.15, 0.2) is 18.2 Å². The van der Waals surface area contributed by atoms with Crippen molar-refractivity contribution in [3.63, 3.8) is 0 Å². The molecule has 0 atom stereocenters. The van der Waals surface area contributed by atoms with E-state index < -0.39 is 10.8 Å². The first-order chi connectivity index (χ1) is 9.40. The van der Waals surface area contributed by atoms with Gasteiger partial charge in [0.2, 0.25) is 0 Å². The second kappa shape index (κ2) is 5.97. The molecule has 0 bridgehead atoms. The number of hydrogen-bond acceptors (Lipinski definition) is 3. The van der Waals surface area contributed by atoms with Crippen molar-refractivity contribution in [1.82, 2.24) is 4.90 Å². The Morgan fingerprint density at radius 3 is 2.70 bits per heavy atom. The van der Waals surface area contributed by atoms with Gasteiger partial charge in [-0.25, -0.2) is 0 Å². The number of nitro groups is 1. The Morgan fingerprint density at radius 1 is 1.50 bits per heavy atom. The highest BCUT2D eigenvalue weighted by atomic mass is 35.5. The smallest absolute Gasteiger partial charge is 0.283 e. The van der Waals surface area contributed by atoms with E-state index >= 15 is 0 Å². The zero-order chi connectivity index (χ0) is 14.9. The van der Waals surface area contributed by atoms with E-state index in [-0.39, 0.29) is 21.7 Å². The molecule has 0 saturated heterocycles. The van der Waals surface area contributed by atoms with Crippen LogP contribution >= 0.6 is 23.2 Å². The van der Waals surface area contributed by atoms with Gasteiger partial charge in [-0.2, -0.15) is 0 Å². The SMILES string of the molecule is CN(CC1CC(Cl)C1)C(=O)c1c(Cl)cccc1[N+](=O)[O-]. The summed E-state index contributed by atoms with van der Waals surface area (Å²) in [7, 11) is 1.62. The Balaban J connectivity index is 2.18. The fourth-order valence-electron chi connectivity index (χ4n) is 2.34. The van der Waals surface area contributed by atoms with Crippen molar-refractivity contribution in [2.75, 3.05) is 13.6 Å². The molecule has 1 fully saturated rings. The highest BCUT2D eigenvalue weighted by molar-refractivity contribution is 6.34. The molecule has 7 heteroatoms. The summed E-state index contributed by atoms with van der Waals surface area (Å²) in [5, 5.41) is 11.3. The number of nitro benzene ring substituents is 1. The predicted molar refractivity (Wildman–Crippen MR) is 77.4 cm³/mol. The largest absolute Gasteiger partial charge is 0.341 e. The number of hydrogen-bond donors (Lipinski definition) is 0. The van der Waals surface area contributed by atoms with Crippen LogP contribution in [0.4, 0.5) is 5.69 Å². The van der Waals surface area contributed by atoms with E-state index in [9.17, 15) is 14.9 Å². The number of nitrogens with zero attached hydrogens (tertiary/aromatic N) is 2. The third kappa shape index (κ3) is 3.04. The standard InChI is InChI=1S/C13H14Cl2N2O3/c1-16(7-8-5-9(14)6-8)13(18)12-10(15)3-2-4-11(12)17(19)20/h2-4,8-9H,5-7H2,1H3. The van der Waals surface area contributed by atoms with Gasteiger partial charge in [-0.15, -0.1) is 11.6 Å². The maximum atomic E-state index is 12.4. The topological polar surface area (TPSA) is 63.5 Å². The lowest BCUT2D eigenvalue weighted by molar-refractivity contribution is -0.385. The molecule has 1 aliphatic carbocycles. The summed E-state index contributed by atoms with van der Waals surface area (Å²) in [4.78, 5) is 24.2. The van der Waals surface area contributed by atoms with Gasteiger partial charge in [-0.1, -0.05) is 17.7 Å². The molecule has 0 N–H and O–H groups in total. The van der Waals surface area contributed by atoms with Crippen LogP contribution in [0.3, 0.4) is 0 Å². The van der Waals surface area contributed by atoms with Crippen molar-refractivity contribution >= 4 is 34.8 Å². The van der Waals surface area contributed by atoms with Crippen LogP contribution in [-0.2, 0) is 0 Å². The molecule has 0 radical (unpaired) electrons. The third-order valence-electron chi connectivity index (χ3n) is 3.46. The van der Waals surface area contributed by atoms with Crippen LogP contribution < -0.4 is 0 Å². The summed E-state index contributed by atoms with van der Waals surface area (Å²) in [5.41, 5.74) is -0.318. The van der Waals surface area contributed by atoms with Gasteiger partial charge >= 0.3 is 0 Å². The van der Waals surface area contributed by atoms with Crippen LogP contribution in [0.25, 0.3) is 0 Å². The van der Waals surface area contributed by atoms with Gasteiger partial charge < -0.3 is 4.90 Å². The van der Waals surface area contributed by atoms with Gasteiger partial charge in [-0.3, -0.25) is 14.9 Å². The average molecular weight is 317 g/mol. The summed E-state index contributed by atoms with van der Waals surface area (Å²) >= 11 is 11.8. The molecule has 0 aromatic heterocycles. The second-order valence-corrected chi connectivity index (χ2v) is 6.04. The van der Waals surface area contributed by atoms with E-state index in [0.29, 0.717) is 12.5 Å². The van der Waals surface area contributed by atoms with Crippen LogP contribution in [0.5, 0.6) is 0 Å². The zero-order valence-electron chi connectivity index (χ0n) is 10.9. The Hall–Kier alpha value is -1.33. The Labute approximate surface area is 126 Å². The summed E-state index contributed by atoms with van der Waals surface area (Å²) in [5.74, 6) is -0.0756. The molecular formula is C13H14Cl2N2O3. The maximum Gasteiger partial charge on any atom is 0.283 e. The lowest BCUT2D eigenvalue weighted by atomic mass is 9.84. The van der Waals surface area contributed by atoms with E-state index in [1.54, 1.807) is 7.05 Å². The number of benzene rings is 1. The molecule has 5 nitrogen and oxygen atoms in total. The molecular weight excluding hydrogens is 303 g/mol. The van der Waals surface area contributed by atoms with Crippen LogP contribution in [0.2, 0.25) is 5.02 Å². The van der Waals surface area contributed by atoms with Gasteiger partial charge in [0.25, 0.3) is 11.6 Å². The van der Waals surface area contributed by atoms with Crippen molar-refractivity contribution in [3.05, 3.63) is 38.9 Å². The number of rotatable bonds is 4. The van der Waals surface area contributed by atoms with Crippen molar-refractivity contribution in [1.29, 1.82) is 0 Å². The molecule has 0 spiro atoms. The van der Waals surface area contributed by atoms with E-state index in [1.807, 2.05) is 0 Å². The highest BCUT2D eigenvalue weighted by Gasteiger charge is 2.31. The van der Waals surface area contributed by atoms with E-state index in [0.717, 1.165) is 12.8 Å². The van der Waals surface area contributed by atoms with Gasteiger partial charge in [0, 0.05) is 25.0 Å². The molecule has 1 aromatic rings. The van der Waals surface area contributed by atoms with E-state index in [4.69, 9.17) is 23.2 Å². The van der Waals surface area contributed by atoms with Gasteiger partial charge in [0.15, 0.2) is 0 Å². The number of carbonyl (C=O) groups excluding carboxylic acids is 1. The van der Waals surface area contributed by atoms with E-state index in [2.05, 4.69) is 0 Å². The molecule has 108 valence electrons. The van der Waals surface area contributed by atoms with Gasteiger partial charge in [0.05, 0.1) is 9.95 Å². The summed E-state index contributed by atoms with van der Waals surface area (Å²) in [6.45, 7) is 0.532. The Kier molecular flexibility index (Phi) is 4.50. The molecule has 1 amide bonds. The Bertz CT molecular complexity index is 544. The molecule has 0 unspecified atom stereocenters. The number of halogens is 2. The summed E-state index contributed by atoms with van der Waals surface area (Å²) in [6.07, 6.45) is 1.73. The van der Waals surface area contributed by atoms with Crippen LogP contribution in [0.1, 0.15) is 23.2 Å². The monoisotopic (exact) mass is 316 g/mol. The average Bonchev–Trinajstić information content (AvgIpc) is 2.35. The van der Waals surface area contributed by atoms with Crippen molar-refractivity contribution in [2.24, 2.45) is 5.92 Å². The molecule has 0 heterocycles. The van der Waals surface area contributed by atoms with Gasteiger partial charge in [-0.05, 0) is 24.8 Å². The predicted octanol–water partition coefficient (Wildman–Crippen LogP) is 3.34. The minimum Gasteiger partial charge on any atom is -0.341 e. The van der Waals surface area contributed by atoms with Crippen molar-refractivity contribution < 1.29 is 9.72 Å². The van der Waals surface area contributed by atoms with Crippen molar-refractivity contribution in [2.45, 2.75) is 18.2 Å². The molecule has 1 aliphatic rings. The zero-order valence-corrected chi connectivity index (χ0v) is 12.4. The number of alkyl halides is 1. The third-order valence-corrected chi connectivity index (χ3v) is 4.13. The first-order valence-electron chi connectivity index (χ1n) is 6.22. The first-order valence-corrected chi connectivity index (χ1v) is 7.04. The lowest BCUT2D eigenvalue weighted by Gasteiger charge is -2.34. The maximum absolute atomic E-state index is 12.4. The van der Waals surface area contributed by atoms with Gasteiger partial charge in [0.1, 0.15) is 5.56 Å². The fourth-order valence-corrected chi connectivity index (χ4v) is 3.10. The van der Waals surface area contributed by atoms with Crippen LogP contribution in [-0.4, -0.2) is 34.7 Å². The lowest BCUT2D eigenvalue weighted by Crippen LogP contribution is -2.38. The first kappa shape index (κ1) is 15.1. The minimum atomic E-state index is -0.592. The summed E-state index contributed by atoms with van der Waals surface area (Å²) in [6, 6.07) is 4.22. The molecule has 2 rings (SSSR count). The van der Waals surface area contributed by atoms with Crippen LogP contribution in [0, 0.1) is 16.0 Å². The molecule has 1 aromatic carbocycles. The van der Waals surface area contributed by atoms with E-state index in [1.165, 1.54) is 23.1 Å². The highest BCUT2D eigenvalue weighted by Crippen LogP contribution is 2.33.